The highest BCUT2D eigenvalue weighted by Gasteiger charge is 2.41. The van der Waals surface area contributed by atoms with Crippen LogP contribution in [0.25, 0.3) is 0 Å². The topological polar surface area (TPSA) is 20.2 Å². The minimum absolute atomic E-state index is 0.339. The third-order valence-electron chi connectivity index (χ3n) is 4.56. The number of hydrogen-bond acceptors (Lipinski definition) is 1. The van der Waals surface area contributed by atoms with Crippen LogP contribution >= 0.6 is 0 Å². The van der Waals surface area contributed by atoms with E-state index in [1.165, 1.54) is 38.5 Å². The lowest BCUT2D eigenvalue weighted by Crippen LogP contribution is -2.44. The molecule has 1 nitrogen and oxygen atoms in total. The standard InChI is InChI=1S/C14H24O/c1-2-14(15)11-7-6-10-13(14)12-8-4-3-5-9-12/h3-4,12-13,15H,2,5-11H2,1H3. The molecule has 1 heteroatoms. The van der Waals surface area contributed by atoms with E-state index in [2.05, 4.69) is 19.1 Å². The molecule has 2 aliphatic rings. The maximum atomic E-state index is 10.7. The number of rotatable bonds is 2. The predicted molar refractivity (Wildman–Crippen MR) is 63.7 cm³/mol. The first-order chi connectivity index (χ1) is 7.26. The van der Waals surface area contributed by atoms with Gasteiger partial charge in [0.15, 0.2) is 0 Å². The van der Waals surface area contributed by atoms with E-state index in [-0.39, 0.29) is 5.60 Å². The first-order valence-electron chi connectivity index (χ1n) is 6.63. The Balaban J connectivity index is 2.07. The first-order valence-corrected chi connectivity index (χ1v) is 6.63. The smallest absolute Gasteiger partial charge is 0.0676 e. The second kappa shape index (κ2) is 4.69. The van der Waals surface area contributed by atoms with Crippen molar-refractivity contribution in [2.24, 2.45) is 11.8 Å². The lowest BCUT2D eigenvalue weighted by Gasteiger charge is -2.44. The third kappa shape index (κ3) is 2.28. The average Bonchev–Trinajstić information content (AvgIpc) is 2.31. The molecule has 0 bridgehead atoms. The minimum Gasteiger partial charge on any atom is -0.390 e. The molecule has 0 aromatic rings. The normalized spacial score (nSPS) is 41.7. The molecule has 15 heavy (non-hydrogen) atoms. The number of allylic oxidation sites excluding steroid dienone is 2. The maximum Gasteiger partial charge on any atom is 0.0676 e. The first kappa shape index (κ1) is 11.2. The van der Waals surface area contributed by atoms with E-state index in [0.29, 0.717) is 5.92 Å². The van der Waals surface area contributed by atoms with Gasteiger partial charge in [0.05, 0.1) is 5.60 Å². The fraction of sp³-hybridized carbons (Fsp3) is 0.857. The molecule has 0 aromatic carbocycles. The van der Waals surface area contributed by atoms with E-state index in [1.54, 1.807) is 0 Å². The van der Waals surface area contributed by atoms with Crippen molar-refractivity contribution in [2.45, 2.75) is 63.9 Å². The summed E-state index contributed by atoms with van der Waals surface area (Å²) >= 11 is 0. The van der Waals surface area contributed by atoms with Gasteiger partial charge in [-0.25, -0.2) is 0 Å². The van der Waals surface area contributed by atoms with Gasteiger partial charge in [-0.3, -0.25) is 0 Å². The highest BCUT2D eigenvalue weighted by atomic mass is 16.3. The van der Waals surface area contributed by atoms with E-state index in [9.17, 15) is 5.11 Å². The summed E-state index contributed by atoms with van der Waals surface area (Å²) in [6.45, 7) is 2.15. The Hall–Kier alpha value is -0.300. The van der Waals surface area contributed by atoms with Gasteiger partial charge in [0, 0.05) is 0 Å². The van der Waals surface area contributed by atoms with Crippen molar-refractivity contribution >= 4 is 0 Å². The molecule has 0 heterocycles. The van der Waals surface area contributed by atoms with Gasteiger partial charge >= 0.3 is 0 Å². The molecule has 3 atom stereocenters. The van der Waals surface area contributed by atoms with Gasteiger partial charge in [-0.05, 0) is 50.4 Å². The Morgan fingerprint density at radius 3 is 2.80 bits per heavy atom. The zero-order valence-electron chi connectivity index (χ0n) is 9.91. The van der Waals surface area contributed by atoms with Crippen molar-refractivity contribution in [3.05, 3.63) is 12.2 Å². The van der Waals surface area contributed by atoms with Crippen LogP contribution in [0.1, 0.15) is 58.3 Å². The maximum absolute atomic E-state index is 10.7. The van der Waals surface area contributed by atoms with E-state index < -0.39 is 0 Å². The molecule has 0 amide bonds. The molecule has 2 aliphatic carbocycles. The number of hydrogen-bond donors (Lipinski definition) is 1. The molecular formula is C14H24O. The molecule has 3 unspecified atom stereocenters. The Labute approximate surface area is 93.6 Å². The summed E-state index contributed by atoms with van der Waals surface area (Å²) in [6, 6.07) is 0. The van der Waals surface area contributed by atoms with Crippen LogP contribution in [0, 0.1) is 11.8 Å². The van der Waals surface area contributed by atoms with Gasteiger partial charge in [-0.1, -0.05) is 31.9 Å². The molecule has 86 valence electrons. The van der Waals surface area contributed by atoms with Crippen LogP contribution in [-0.4, -0.2) is 10.7 Å². The molecule has 0 saturated heterocycles. The van der Waals surface area contributed by atoms with E-state index in [0.717, 1.165) is 18.8 Å². The Morgan fingerprint density at radius 2 is 2.13 bits per heavy atom. The highest BCUT2D eigenvalue weighted by Crippen LogP contribution is 2.44. The highest BCUT2D eigenvalue weighted by molar-refractivity contribution is 4.98. The molecule has 0 radical (unpaired) electrons. The average molecular weight is 208 g/mol. The summed E-state index contributed by atoms with van der Waals surface area (Å²) in [6.07, 6.45) is 14.1. The number of aliphatic hydroxyl groups is 1. The van der Waals surface area contributed by atoms with Crippen LogP contribution in [0.15, 0.2) is 12.2 Å². The quantitative estimate of drug-likeness (QED) is 0.686. The largest absolute Gasteiger partial charge is 0.390 e. The Bertz CT molecular complexity index is 233. The lowest BCUT2D eigenvalue weighted by molar-refractivity contribution is -0.0754. The summed E-state index contributed by atoms with van der Waals surface area (Å²) in [4.78, 5) is 0. The van der Waals surface area contributed by atoms with Gasteiger partial charge in [0.25, 0.3) is 0 Å². The van der Waals surface area contributed by atoms with Gasteiger partial charge in [0.1, 0.15) is 0 Å². The summed E-state index contributed by atoms with van der Waals surface area (Å²) < 4.78 is 0. The van der Waals surface area contributed by atoms with Crippen molar-refractivity contribution < 1.29 is 5.11 Å². The monoisotopic (exact) mass is 208 g/mol. The van der Waals surface area contributed by atoms with Crippen LogP contribution in [0.3, 0.4) is 0 Å². The van der Waals surface area contributed by atoms with Crippen LogP contribution in [0.5, 0.6) is 0 Å². The van der Waals surface area contributed by atoms with Crippen LogP contribution in [0.2, 0.25) is 0 Å². The van der Waals surface area contributed by atoms with Crippen molar-refractivity contribution in [3.8, 4) is 0 Å². The van der Waals surface area contributed by atoms with Crippen molar-refractivity contribution in [2.75, 3.05) is 0 Å². The van der Waals surface area contributed by atoms with Gasteiger partial charge in [-0.2, -0.15) is 0 Å². The Morgan fingerprint density at radius 1 is 1.27 bits per heavy atom. The molecule has 1 saturated carbocycles. The van der Waals surface area contributed by atoms with Crippen molar-refractivity contribution in [1.82, 2.24) is 0 Å². The van der Waals surface area contributed by atoms with Crippen LogP contribution < -0.4 is 0 Å². The van der Waals surface area contributed by atoms with E-state index >= 15 is 0 Å². The SMILES string of the molecule is CCC1(O)CCCCC1C1CC=CCC1. The predicted octanol–water partition coefficient (Wildman–Crippen LogP) is 3.67. The molecular weight excluding hydrogens is 184 g/mol. The van der Waals surface area contributed by atoms with E-state index in [4.69, 9.17) is 0 Å². The summed E-state index contributed by atoms with van der Waals surface area (Å²) in [7, 11) is 0. The van der Waals surface area contributed by atoms with Gasteiger partial charge in [-0.15, -0.1) is 0 Å². The lowest BCUT2D eigenvalue weighted by atomic mass is 9.65. The summed E-state index contributed by atoms with van der Waals surface area (Å²) in [5.41, 5.74) is -0.339. The second-order valence-electron chi connectivity index (χ2n) is 5.35. The second-order valence-corrected chi connectivity index (χ2v) is 5.35. The molecule has 2 rings (SSSR count). The zero-order valence-corrected chi connectivity index (χ0v) is 9.91. The Kier molecular flexibility index (Phi) is 3.50. The molecule has 1 N–H and O–H groups in total. The van der Waals surface area contributed by atoms with Crippen LogP contribution in [-0.2, 0) is 0 Å². The fourth-order valence-corrected chi connectivity index (χ4v) is 3.55. The van der Waals surface area contributed by atoms with Crippen LogP contribution in [0.4, 0.5) is 0 Å². The fourth-order valence-electron chi connectivity index (χ4n) is 3.55. The third-order valence-corrected chi connectivity index (χ3v) is 4.56. The zero-order chi connectivity index (χ0) is 10.7. The molecule has 0 aliphatic heterocycles. The van der Waals surface area contributed by atoms with E-state index in [1.807, 2.05) is 0 Å². The van der Waals surface area contributed by atoms with Crippen molar-refractivity contribution in [1.29, 1.82) is 0 Å². The summed E-state index contributed by atoms with van der Waals surface area (Å²) in [5.74, 6) is 1.32. The summed E-state index contributed by atoms with van der Waals surface area (Å²) in [5, 5.41) is 10.7. The van der Waals surface area contributed by atoms with Crippen molar-refractivity contribution in [3.63, 3.8) is 0 Å². The minimum atomic E-state index is -0.339. The van der Waals surface area contributed by atoms with Gasteiger partial charge < -0.3 is 5.11 Å². The molecule has 0 aromatic heterocycles. The van der Waals surface area contributed by atoms with Gasteiger partial charge in [0.2, 0.25) is 0 Å². The molecule has 1 fully saturated rings. The molecule has 0 spiro atoms.